The fraction of sp³-hybridized carbons (Fsp3) is 0.463. The molecule has 6 aliphatic carbocycles. The molecule has 312 valence electrons. The molecule has 0 heterocycles. The molecule has 59 heavy (non-hydrogen) atoms. The Labute approximate surface area is 387 Å². The second-order valence-corrected chi connectivity index (χ2v) is 28.1. The topological polar surface area (TPSA) is 0 Å². The fourth-order valence-electron chi connectivity index (χ4n) is 14.3. The minimum absolute atomic E-state index is 0. The van der Waals surface area contributed by atoms with Gasteiger partial charge in [-0.15, -0.1) is 0 Å². The first-order valence-electron chi connectivity index (χ1n) is 21.4. The first-order chi connectivity index (χ1) is 26.6. The van der Waals surface area contributed by atoms with Crippen LogP contribution in [-0.4, -0.2) is 3.21 Å². The molecule has 0 amide bonds. The van der Waals surface area contributed by atoms with E-state index in [2.05, 4.69) is 205 Å². The van der Waals surface area contributed by atoms with Crippen LogP contribution in [0.3, 0.4) is 0 Å². The van der Waals surface area contributed by atoms with Crippen molar-refractivity contribution in [1.29, 1.82) is 0 Å². The zero-order valence-corrected chi connectivity index (χ0v) is 42.9. The predicted molar refractivity (Wildman–Crippen MR) is 244 cm³/mol. The maximum absolute atomic E-state index is 7.06. The van der Waals surface area contributed by atoms with Crippen molar-refractivity contribution in [3.05, 3.63) is 163 Å². The van der Waals surface area contributed by atoms with Gasteiger partial charge >= 0.3 is 366 Å². The van der Waals surface area contributed by atoms with Crippen LogP contribution in [0.25, 0.3) is 0 Å². The molecule has 8 rings (SSSR count). The van der Waals surface area contributed by atoms with Crippen LogP contribution in [-0.2, 0) is 21.3 Å². The summed E-state index contributed by atoms with van der Waals surface area (Å²) in [7, 11) is 0. The van der Waals surface area contributed by atoms with E-state index in [1.807, 2.05) is 12.1 Å². The van der Waals surface area contributed by atoms with Crippen LogP contribution in [0.5, 0.6) is 0 Å². The molecule has 2 aromatic rings. The Morgan fingerprint density at radius 1 is 0.695 bits per heavy atom. The summed E-state index contributed by atoms with van der Waals surface area (Å²) in [6.07, 6.45) is 33.0. The molecular formula is C54H64Cl4Zr. The number of hydrogen-bond acceptors (Lipinski definition) is 0. The minimum Gasteiger partial charge on any atom is -1.00 e. The van der Waals surface area contributed by atoms with Gasteiger partial charge in [-0.2, -0.15) is 0 Å². The summed E-state index contributed by atoms with van der Waals surface area (Å²) in [5.74, 6) is 1.13. The second-order valence-electron chi connectivity index (χ2n) is 21.1. The molecule has 6 aliphatic rings. The third kappa shape index (κ3) is 5.78. The maximum Gasteiger partial charge on any atom is -1.00 e. The zero-order chi connectivity index (χ0) is 41.4. The molecule has 0 N–H and O–H groups in total. The van der Waals surface area contributed by atoms with Gasteiger partial charge in [-0.3, -0.25) is 0 Å². The number of halogens is 4. The van der Waals surface area contributed by atoms with Crippen molar-refractivity contribution in [2.24, 2.45) is 61.1 Å². The van der Waals surface area contributed by atoms with E-state index in [9.17, 15) is 0 Å². The maximum atomic E-state index is 7.06. The average molecular weight is 946 g/mol. The van der Waals surface area contributed by atoms with Gasteiger partial charge in [0.05, 0.1) is 0 Å². The van der Waals surface area contributed by atoms with Gasteiger partial charge < -0.3 is 24.8 Å². The van der Waals surface area contributed by atoms with Crippen LogP contribution in [0.1, 0.15) is 101 Å². The van der Waals surface area contributed by atoms with E-state index < -0.39 is 21.3 Å². The van der Waals surface area contributed by atoms with Crippen molar-refractivity contribution in [3.8, 4) is 0 Å². The van der Waals surface area contributed by atoms with Crippen LogP contribution in [0.2, 0.25) is 13.7 Å². The van der Waals surface area contributed by atoms with Gasteiger partial charge in [-0.25, -0.2) is 0 Å². The largest absolute Gasteiger partial charge is 1.00 e. The van der Waals surface area contributed by atoms with Gasteiger partial charge in [0.2, 0.25) is 0 Å². The van der Waals surface area contributed by atoms with E-state index >= 15 is 0 Å². The molecule has 0 aromatic heterocycles. The Bertz CT molecular complexity index is 2300. The molecule has 0 bridgehead atoms. The van der Waals surface area contributed by atoms with Gasteiger partial charge in [-0.1, -0.05) is 0 Å². The SMILES string of the molecule is CC1=CC=CC2[CH]([Zr+2]([C]3=CC(C(C)(C)C)=CC3C(C)C)=[C](c3cccc(Cl)c3)c3cccc(Cl)c3)C3(C)C4(C)C=CC=CC4(C)C4(C)C=CC=CC4(C)C3(C)C12C.[Cl-].[Cl-]. The van der Waals surface area contributed by atoms with E-state index in [0.29, 0.717) is 21.4 Å². The van der Waals surface area contributed by atoms with E-state index in [1.165, 1.54) is 25.5 Å². The molecule has 0 nitrogen and oxygen atoms in total. The molecular weight excluding hydrogens is 882 g/mol. The standard InChI is InChI=1S/C29H37.C13H8Cl2.C12H19.2ClH.Zr/c1-21-14-13-15-22-20-27(6)25(4)18-10-9-16-23(25,2)24(3)17-11-12-19-26(24,5)29(27,8)28(21,22)7;14-12-5-1-3-10(8-12)7-11-4-2-6-13(15)9-11;1-9(2)10-6-7-11(8-10)12(3,4)5;;;/h9-20,22H,1-8H3;1-6,8-9H;7-10H,1-5H3;2*1H;/q;;;;;+2/p-2. The Hall–Kier alpha value is -1.73. The third-order valence-corrected chi connectivity index (χ3v) is 28.0. The summed E-state index contributed by atoms with van der Waals surface area (Å²) in [6.45, 7) is 33.4. The van der Waals surface area contributed by atoms with Crippen molar-refractivity contribution >= 4 is 26.4 Å². The Morgan fingerprint density at radius 2 is 1.19 bits per heavy atom. The molecule has 0 aliphatic heterocycles. The van der Waals surface area contributed by atoms with E-state index in [4.69, 9.17) is 23.2 Å². The summed E-state index contributed by atoms with van der Waals surface area (Å²) in [6, 6.07) is 17.6. The molecule has 0 saturated heterocycles. The molecule has 2 fully saturated rings. The van der Waals surface area contributed by atoms with Crippen LogP contribution in [0.15, 0.2) is 142 Å². The van der Waals surface area contributed by atoms with E-state index in [0.717, 1.165) is 10.0 Å². The van der Waals surface area contributed by atoms with Gasteiger partial charge in [-0.05, 0) is 0 Å². The molecule has 2 saturated carbocycles. The zero-order valence-electron chi connectivity index (χ0n) is 37.4. The summed E-state index contributed by atoms with van der Waals surface area (Å²) in [5, 5.41) is 1.57. The van der Waals surface area contributed by atoms with Crippen molar-refractivity contribution in [2.75, 3.05) is 0 Å². The monoisotopic (exact) mass is 942 g/mol. The molecule has 5 heteroatoms. The van der Waals surface area contributed by atoms with Crippen molar-refractivity contribution in [1.82, 2.24) is 0 Å². The van der Waals surface area contributed by atoms with Gasteiger partial charge in [0.1, 0.15) is 0 Å². The number of benzene rings is 2. The van der Waals surface area contributed by atoms with Crippen LogP contribution in [0, 0.1) is 61.1 Å². The quantitative estimate of drug-likeness (QED) is 0.281. The van der Waals surface area contributed by atoms with Gasteiger partial charge in [0.15, 0.2) is 0 Å². The average Bonchev–Trinajstić information content (AvgIpc) is 3.67. The minimum atomic E-state index is -3.35. The normalized spacial score (nSPS) is 38.4. The Balaban J connectivity index is 0.00000293. The van der Waals surface area contributed by atoms with Crippen molar-refractivity contribution in [2.45, 2.75) is 93.6 Å². The van der Waals surface area contributed by atoms with Gasteiger partial charge in [0.25, 0.3) is 0 Å². The van der Waals surface area contributed by atoms with E-state index in [-0.39, 0.29) is 68.1 Å². The fourth-order valence-corrected chi connectivity index (χ4v) is 26.9. The summed E-state index contributed by atoms with van der Waals surface area (Å²) in [5.41, 5.74) is 4.30. The first kappa shape index (κ1) is 46.8. The Kier molecular flexibility index (Phi) is 12.1. The molecule has 0 spiro atoms. The summed E-state index contributed by atoms with van der Waals surface area (Å²) < 4.78 is 3.62. The third-order valence-electron chi connectivity index (χ3n) is 18.2. The second kappa shape index (κ2) is 15.2. The smallest absolute Gasteiger partial charge is 1.00 e. The van der Waals surface area contributed by atoms with Crippen LogP contribution >= 0.6 is 23.2 Å². The molecule has 10 atom stereocenters. The van der Waals surface area contributed by atoms with Crippen LogP contribution in [0.4, 0.5) is 0 Å². The summed E-state index contributed by atoms with van der Waals surface area (Å²) >= 11 is 10.8. The molecule has 0 radical (unpaired) electrons. The number of fused-ring (bicyclic) bond motifs is 8. The molecule has 2 aromatic carbocycles. The van der Waals surface area contributed by atoms with Crippen molar-refractivity contribution < 1.29 is 46.1 Å². The van der Waals surface area contributed by atoms with Crippen molar-refractivity contribution in [3.63, 3.8) is 0 Å². The molecule has 10 unspecified atom stereocenters. The number of allylic oxidation sites excluding steroid dienone is 16. The Morgan fingerprint density at radius 3 is 1.68 bits per heavy atom. The van der Waals surface area contributed by atoms with Crippen LogP contribution < -0.4 is 24.8 Å². The first-order valence-corrected chi connectivity index (χ1v) is 26.0. The summed E-state index contributed by atoms with van der Waals surface area (Å²) in [4.78, 5) is 0. The number of rotatable bonds is 5. The van der Waals surface area contributed by atoms with E-state index in [1.54, 1.807) is 3.28 Å². The number of hydrogen-bond donors (Lipinski definition) is 0. The van der Waals surface area contributed by atoms with Gasteiger partial charge in [0, 0.05) is 0 Å². The predicted octanol–water partition coefficient (Wildman–Crippen LogP) is 9.57.